The van der Waals surface area contributed by atoms with Crippen LogP contribution in [0.4, 0.5) is 0 Å². The normalized spacial score (nSPS) is 9.62. The summed E-state index contributed by atoms with van der Waals surface area (Å²) in [5, 5.41) is 0. The van der Waals surface area contributed by atoms with E-state index in [1.165, 1.54) is 4.90 Å². The molecule has 86 valence electrons. The predicted octanol–water partition coefficient (Wildman–Crippen LogP) is 1.36. The third-order valence-corrected chi connectivity index (χ3v) is 2.01. The maximum atomic E-state index is 11.6. The van der Waals surface area contributed by atoms with Gasteiger partial charge in [-0.25, -0.2) is 0 Å². The summed E-state index contributed by atoms with van der Waals surface area (Å²) in [6, 6.07) is 6.86. The minimum Gasteiger partial charge on any atom is -0.493 e. The van der Waals surface area contributed by atoms with E-state index in [0.717, 1.165) is 6.29 Å². The fourth-order valence-corrected chi connectivity index (χ4v) is 1.18. The number of carbonyl (C=O) groups is 2. The molecule has 0 N–H and O–H groups in total. The highest BCUT2D eigenvalue weighted by Gasteiger charge is 2.06. The largest absolute Gasteiger partial charge is 0.493 e. The molecule has 4 nitrogen and oxygen atoms in total. The van der Waals surface area contributed by atoms with Crippen LogP contribution in [0.1, 0.15) is 16.8 Å². The highest BCUT2D eigenvalue weighted by atomic mass is 16.5. The Morgan fingerprint density at radius 1 is 1.31 bits per heavy atom. The quantitative estimate of drug-likeness (QED) is 0.557. The van der Waals surface area contributed by atoms with Gasteiger partial charge in [-0.15, -0.1) is 0 Å². The molecule has 0 aromatic heterocycles. The molecule has 4 heteroatoms. The first-order valence-corrected chi connectivity index (χ1v) is 5.03. The summed E-state index contributed by atoms with van der Waals surface area (Å²) in [5.41, 5.74) is 0.618. The van der Waals surface area contributed by atoms with Crippen molar-refractivity contribution in [1.82, 2.24) is 4.90 Å². The summed E-state index contributed by atoms with van der Waals surface area (Å²) in [6.45, 7) is 0.366. The second kappa shape index (κ2) is 5.90. The zero-order valence-electron chi connectivity index (χ0n) is 9.47. The Balaban J connectivity index is 2.60. The van der Waals surface area contributed by atoms with Crippen molar-refractivity contribution in [3.63, 3.8) is 0 Å². The van der Waals surface area contributed by atoms with Crippen LogP contribution in [-0.4, -0.2) is 37.8 Å². The van der Waals surface area contributed by atoms with Crippen LogP contribution < -0.4 is 4.74 Å². The minimum absolute atomic E-state index is 0.0422. The molecule has 1 aromatic carbocycles. The number of hydrogen-bond acceptors (Lipinski definition) is 3. The van der Waals surface area contributed by atoms with Gasteiger partial charge in [0.05, 0.1) is 6.61 Å². The number of amides is 1. The molecule has 0 saturated heterocycles. The van der Waals surface area contributed by atoms with Crippen molar-refractivity contribution in [2.24, 2.45) is 0 Å². The van der Waals surface area contributed by atoms with E-state index in [9.17, 15) is 9.59 Å². The summed E-state index contributed by atoms with van der Waals surface area (Å²) in [4.78, 5) is 23.2. The number of nitrogens with zero attached hydrogens (tertiary/aromatic N) is 1. The maximum Gasteiger partial charge on any atom is 0.253 e. The minimum atomic E-state index is -0.0422. The van der Waals surface area contributed by atoms with Gasteiger partial charge in [0.1, 0.15) is 12.0 Å². The molecule has 0 radical (unpaired) electrons. The Kier molecular flexibility index (Phi) is 4.51. The molecule has 0 aliphatic heterocycles. The second-order valence-electron chi connectivity index (χ2n) is 3.53. The van der Waals surface area contributed by atoms with Gasteiger partial charge in [0.25, 0.3) is 5.91 Å². The van der Waals surface area contributed by atoms with Crippen LogP contribution in [0.5, 0.6) is 5.75 Å². The molecule has 0 saturated carbocycles. The van der Waals surface area contributed by atoms with E-state index in [2.05, 4.69) is 0 Å². The molecule has 0 aliphatic rings. The smallest absolute Gasteiger partial charge is 0.253 e. The molecule has 1 amide bonds. The first-order valence-electron chi connectivity index (χ1n) is 5.03. The standard InChI is InChI=1S/C12H15NO3/c1-13(2)12(15)10-4-6-11(7-5-10)16-9-3-8-14/h4-8H,3,9H2,1-2H3. The lowest BCUT2D eigenvalue weighted by atomic mass is 10.2. The first-order chi connectivity index (χ1) is 7.65. The number of rotatable bonds is 5. The van der Waals surface area contributed by atoms with Crippen molar-refractivity contribution >= 4 is 12.2 Å². The van der Waals surface area contributed by atoms with Gasteiger partial charge in [-0.05, 0) is 24.3 Å². The van der Waals surface area contributed by atoms with Crippen LogP contribution in [0.2, 0.25) is 0 Å². The van der Waals surface area contributed by atoms with E-state index in [1.807, 2.05) is 0 Å². The molecule has 0 bridgehead atoms. The monoisotopic (exact) mass is 221 g/mol. The van der Waals surface area contributed by atoms with Crippen molar-refractivity contribution < 1.29 is 14.3 Å². The molecule has 0 atom stereocenters. The van der Waals surface area contributed by atoms with Crippen LogP contribution in [-0.2, 0) is 4.79 Å². The average molecular weight is 221 g/mol. The summed E-state index contributed by atoms with van der Waals surface area (Å²) in [6.07, 6.45) is 1.18. The number of carbonyl (C=O) groups excluding carboxylic acids is 2. The van der Waals surface area contributed by atoms with Gasteiger partial charge in [0.2, 0.25) is 0 Å². The lowest BCUT2D eigenvalue weighted by Crippen LogP contribution is -2.21. The lowest BCUT2D eigenvalue weighted by Gasteiger charge is -2.10. The number of benzene rings is 1. The Morgan fingerprint density at radius 2 is 1.94 bits per heavy atom. The van der Waals surface area contributed by atoms with E-state index in [1.54, 1.807) is 38.4 Å². The van der Waals surface area contributed by atoms with Gasteiger partial charge in [0.15, 0.2) is 0 Å². The van der Waals surface area contributed by atoms with E-state index < -0.39 is 0 Å². The van der Waals surface area contributed by atoms with Gasteiger partial charge >= 0.3 is 0 Å². The van der Waals surface area contributed by atoms with Crippen molar-refractivity contribution in [3.8, 4) is 5.75 Å². The molecule has 0 aliphatic carbocycles. The Bertz CT molecular complexity index is 357. The molecular formula is C12H15NO3. The third kappa shape index (κ3) is 3.38. The van der Waals surface area contributed by atoms with Crippen LogP contribution in [0.15, 0.2) is 24.3 Å². The fourth-order valence-electron chi connectivity index (χ4n) is 1.18. The summed E-state index contributed by atoms with van der Waals surface area (Å²) >= 11 is 0. The number of hydrogen-bond donors (Lipinski definition) is 0. The van der Waals surface area contributed by atoms with Crippen molar-refractivity contribution in [2.45, 2.75) is 6.42 Å². The zero-order chi connectivity index (χ0) is 12.0. The number of aldehydes is 1. The van der Waals surface area contributed by atoms with Gasteiger partial charge in [-0.2, -0.15) is 0 Å². The Hall–Kier alpha value is -1.84. The summed E-state index contributed by atoms with van der Waals surface area (Å²) < 4.78 is 5.29. The highest BCUT2D eigenvalue weighted by Crippen LogP contribution is 2.13. The van der Waals surface area contributed by atoms with Crippen molar-refractivity contribution in [1.29, 1.82) is 0 Å². The molecule has 1 aromatic rings. The second-order valence-corrected chi connectivity index (χ2v) is 3.53. The summed E-state index contributed by atoms with van der Waals surface area (Å²) in [7, 11) is 3.41. The molecule has 0 fully saturated rings. The van der Waals surface area contributed by atoms with E-state index >= 15 is 0 Å². The molecule has 0 spiro atoms. The van der Waals surface area contributed by atoms with Crippen molar-refractivity contribution in [2.75, 3.05) is 20.7 Å². The molecular weight excluding hydrogens is 206 g/mol. The van der Waals surface area contributed by atoms with E-state index in [0.29, 0.717) is 24.3 Å². The average Bonchev–Trinajstić information content (AvgIpc) is 2.29. The molecule has 16 heavy (non-hydrogen) atoms. The fraction of sp³-hybridized carbons (Fsp3) is 0.333. The Labute approximate surface area is 94.8 Å². The van der Waals surface area contributed by atoms with Crippen LogP contribution in [0.25, 0.3) is 0 Å². The van der Waals surface area contributed by atoms with E-state index in [-0.39, 0.29) is 5.91 Å². The first kappa shape index (κ1) is 12.2. The van der Waals surface area contributed by atoms with Crippen LogP contribution in [0, 0.1) is 0 Å². The van der Waals surface area contributed by atoms with Gasteiger partial charge in [-0.3, -0.25) is 4.79 Å². The lowest BCUT2D eigenvalue weighted by molar-refractivity contribution is -0.108. The molecule has 1 rings (SSSR count). The SMILES string of the molecule is CN(C)C(=O)c1ccc(OCCC=O)cc1. The third-order valence-electron chi connectivity index (χ3n) is 2.01. The maximum absolute atomic E-state index is 11.6. The highest BCUT2D eigenvalue weighted by molar-refractivity contribution is 5.93. The zero-order valence-corrected chi connectivity index (χ0v) is 9.47. The van der Waals surface area contributed by atoms with Crippen LogP contribution in [0.3, 0.4) is 0 Å². The summed E-state index contributed by atoms with van der Waals surface area (Å²) in [5.74, 6) is 0.622. The van der Waals surface area contributed by atoms with Crippen LogP contribution >= 0.6 is 0 Å². The molecule has 0 unspecified atom stereocenters. The van der Waals surface area contributed by atoms with Gasteiger partial charge < -0.3 is 14.4 Å². The number of ether oxygens (including phenoxy) is 1. The Morgan fingerprint density at radius 3 is 2.44 bits per heavy atom. The van der Waals surface area contributed by atoms with Crippen molar-refractivity contribution in [3.05, 3.63) is 29.8 Å². The van der Waals surface area contributed by atoms with Gasteiger partial charge in [0, 0.05) is 26.1 Å². The van der Waals surface area contributed by atoms with Gasteiger partial charge in [-0.1, -0.05) is 0 Å². The topological polar surface area (TPSA) is 46.6 Å². The predicted molar refractivity (Wildman–Crippen MR) is 60.6 cm³/mol. The van der Waals surface area contributed by atoms with E-state index in [4.69, 9.17) is 4.74 Å². The molecule has 0 heterocycles.